The van der Waals surface area contributed by atoms with Gasteiger partial charge in [0.1, 0.15) is 0 Å². The molecular weight excluding hydrogens is 463 g/mol. The van der Waals surface area contributed by atoms with Crippen molar-refractivity contribution in [2.24, 2.45) is 10.9 Å². The molecule has 0 amide bonds. The van der Waals surface area contributed by atoms with Gasteiger partial charge < -0.3 is 15.0 Å². The third kappa shape index (κ3) is 5.39. The zero-order valence-corrected chi connectivity index (χ0v) is 19.4. The largest absolute Gasteiger partial charge is 0.381 e. The number of ether oxygens (including phenoxy) is 1. The molecule has 2 unspecified atom stereocenters. The van der Waals surface area contributed by atoms with Gasteiger partial charge in [-0.2, -0.15) is 0 Å². The first-order chi connectivity index (χ1) is 13.3. The minimum atomic E-state index is 0. The Labute approximate surface area is 186 Å². The first-order valence-corrected chi connectivity index (χ1v) is 10.7. The Morgan fingerprint density at radius 2 is 2.00 bits per heavy atom. The van der Waals surface area contributed by atoms with Gasteiger partial charge in [0.05, 0.1) is 6.61 Å². The van der Waals surface area contributed by atoms with Crippen LogP contribution in [0.5, 0.6) is 0 Å². The van der Waals surface area contributed by atoms with Crippen molar-refractivity contribution in [3.8, 4) is 0 Å². The summed E-state index contributed by atoms with van der Waals surface area (Å²) in [5, 5.41) is 3.53. The van der Waals surface area contributed by atoms with Crippen molar-refractivity contribution >= 4 is 29.9 Å². The Kier molecular flexibility index (Phi) is 8.41. The molecule has 3 aliphatic rings. The molecule has 0 radical (unpaired) electrons. The molecule has 0 saturated carbocycles. The first kappa shape index (κ1) is 21.8. The number of nitrogens with zero attached hydrogens (tertiary/aromatic N) is 3. The van der Waals surface area contributed by atoms with E-state index in [0.717, 1.165) is 64.4 Å². The lowest BCUT2D eigenvalue weighted by atomic mass is 10.0. The molecule has 5 nitrogen and oxygen atoms in total. The van der Waals surface area contributed by atoms with E-state index >= 15 is 0 Å². The normalized spacial score (nSPS) is 25.5. The Hall–Kier alpha value is -0.860. The zero-order chi connectivity index (χ0) is 18.5. The summed E-state index contributed by atoms with van der Waals surface area (Å²) < 4.78 is 5.53. The van der Waals surface area contributed by atoms with Crippen LogP contribution in [0.25, 0.3) is 0 Å². The standard InChI is InChI=1S/C22H34N4O.HI/c1-2-23-22(24-15-20-8-7-19-5-3-4-6-21(19)20)26-12-10-25(11-13-26)16-18-9-14-27-17-18;/h3-6,18,20H,2,7-17H2,1H3,(H,23,24);1H. The van der Waals surface area contributed by atoms with Crippen molar-refractivity contribution in [1.82, 2.24) is 15.1 Å². The molecule has 0 aromatic heterocycles. The average Bonchev–Trinajstić information content (AvgIpc) is 3.36. The van der Waals surface area contributed by atoms with E-state index in [9.17, 15) is 0 Å². The summed E-state index contributed by atoms with van der Waals surface area (Å²) >= 11 is 0. The highest BCUT2D eigenvalue weighted by molar-refractivity contribution is 14.0. The number of aliphatic imine (C=N–C) groups is 1. The van der Waals surface area contributed by atoms with Gasteiger partial charge in [0.15, 0.2) is 5.96 Å². The molecule has 2 fully saturated rings. The van der Waals surface area contributed by atoms with Gasteiger partial charge in [0.2, 0.25) is 0 Å². The summed E-state index contributed by atoms with van der Waals surface area (Å²) in [4.78, 5) is 10.1. The van der Waals surface area contributed by atoms with Crippen LogP contribution in [0.3, 0.4) is 0 Å². The predicted molar refractivity (Wildman–Crippen MR) is 126 cm³/mol. The maximum Gasteiger partial charge on any atom is 0.194 e. The van der Waals surface area contributed by atoms with Gasteiger partial charge in [-0.05, 0) is 43.2 Å². The first-order valence-electron chi connectivity index (χ1n) is 10.7. The summed E-state index contributed by atoms with van der Waals surface area (Å²) in [7, 11) is 0. The second-order valence-corrected chi connectivity index (χ2v) is 8.15. The summed E-state index contributed by atoms with van der Waals surface area (Å²) in [5.74, 6) is 2.42. The van der Waals surface area contributed by atoms with E-state index in [-0.39, 0.29) is 24.0 Å². The predicted octanol–water partition coefficient (Wildman–Crippen LogP) is 2.95. The number of rotatable bonds is 5. The molecule has 28 heavy (non-hydrogen) atoms. The number of benzene rings is 1. The van der Waals surface area contributed by atoms with Gasteiger partial charge in [0.25, 0.3) is 0 Å². The molecule has 2 heterocycles. The average molecular weight is 498 g/mol. The van der Waals surface area contributed by atoms with Crippen molar-refractivity contribution in [1.29, 1.82) is 0 Å². The minimum absolute atomic E-state index is 0. The van der Waals surface area contributed by atoms with Gasteiger partial charge >= 0.3 is 0 Å². The maximum atomic E-state index is 5.53. The number of hydrogen-bond donors (Lipinski definition) is 1. The fraction of sp³-hybridized carbons (Fsp3) is 0.682. The quantitative estimate of drug-likeness (QED) is 0.385. The molecule has 6 heteroatoms. The van der Waals surface area contributed by atoms with Crippen LogP contribution in [0.1, 0.15) is 36.8 Å². The molecule has 2 aliphatic heterocycles. The fourth-order valence-corrected chi connectivity index (χ4v) is 4.69. The number of aryl methyl sites for hydroxylation is 1. The van der Waals surface area contributed by atoms with E-state index in [1.807, 2.05) is 0 Å². The summed E-state index contributed by atoms with van der Waals surface area (Å²) in [6.07, 6.45) is 3.67. The van der Waals surface area contributed by atoms with E-state index in [1.54, 1.807) is 0 Å². The SMILES string of the molecule is CCNC(=NCC1CCc2ccccc21)N1CCN(CC2CCOC2)CC1.I. The Morgan fingerprint density at radius 1 is 1.18 bits per heavy atom. The number of guanidine groups is 1. The smallest absolute Gasteiger partial charge is 0.194 e. The van der Waals surface area contributed by atoms with Crippen LogP contribution in [-0.4, -0.2) is 74.8 Å². The Bertz CT molecular complexity index is 639. The summed E-state index contributed by atoms with van der Waals surface area (Å²) in [5.41, 5.74) is 3.04. The molecule has 1 N–H and O–H groups in total. The lowest BCUT2D eigenvalue weighted by Gasteiger charge is -2.37. The van der Waals surface area contributed by atoms with Gasteiger partial charge in [-0.15, -0.1) is 24.0 Å². The second kappa shape index (κ2) is 10.8. The molecule has 1 aromatic rings. The molecule has 0 spiro atoms. The van der Waals surface area contributed by atoms with Crippen LogP contribution in [0.4, 0.5) is 0 Å². The van der Waals surface area contributed by atoms with Gasteiger partial charge in [-0.3, -0.25) is 9.89 Å². The molecule has 156 valence electrons. The van der Waals surface area contributed by atoms with Crippen molar-refractivity contribution in [3.63, 3.8) is 0 Å². The maximum absolute atomic E-state index is 5.53. The van der Waals surface area contributed by atoms with Crippen LogP contribution in [0.15, 0.2) is 29.3 Å². The third-order valence-corrected chi connectivity index (χ3v) is 6.27. The summed E-state index contributed by atoms with van der Waals surface area (Å²) in [6, 6.07) is 8.90. The number of halogens is 1. The van der Waals surface area contributed by atoms with E-state index < -0.39 is 0 Å². The van der Waals surface area contributed by atoms with Crippen LogP contribution in [-0.2, 0) is 11.2 Å². The van der Waals surface area contributed by atoms with Gasteiger partial charge in [-0.25, -0.2) is 0 Å². The molecule has 0 bridgehead atoms. The monoisotopic (exact) mass is 498 g/mol. The van der Waals surface area contributed by atoms with Crippen molar-refractivity contribution < 1.29 is 4.74 Å². The zero-order valence-electron chi connectivity index (χ0n) is 17.1. The van der Waals surface area contributed by atoms with E-state index in [2.05, 4.69) is 46.3 Å². The van der Waals surface area contributed by atoms with E-state index in [4.69, 9.17) is 9.73 Å². The molecular formula is C22H35IN4O. The van der Waals surface area contributed by atoms with Crippen LogP contribution >= 0.6 is 24.0 Å². The number of nitrogens with one attached hydrogen (secondary N) is 1. The Balaban J connectivity index is 0.00000225. The highest BCUT2D eigenvalue weighted by Crippen LogP contribution is 2.32. The third-order valence-electron chi connectivity index (χ3n) is 6.27. The van der Waals surface area contributed by atoms with Crippen LogP contribution < -0.4 is 5.32 Å². The van der Waals surface area contributed by atoms with Crippen LogP contribution in [0, 0.1) is 5.92 Å². The van der Waals surface area contributed by atoms with Crippen molar-refractivity contribution in [2.45, 2.75) is 32.1 Å². The topological polar surface area (TPSA) is 40.1 Å². The lowest BCUT2D eigenvalue weighted by Crippen LogP contribution is -2.53. The number of hydrogen-bond acceptors (Lipinski definition) is 3. The Morgan fingerprint density at radius 3 is 2.75 bits per heavy atom. The molecule has 4 rings (SSSR count). The molecule has 2 atom stereocenters. The molecule has 1 aliphatic carbocycles. The van der Waals surface area contributed by atoms with Gasteiger partial charge in [-0.1, -0.05) is 24.3 Å². The lowest BCUT2D eigenvalue weighted by molar-refractivity contribution is 0.139. The fourth-order valence-electron chi connectivity index (χ4n) is 4.69. The highest BCUT2D eigenvalue weighted by Gasteiger charge is 2.25. The highest BCUT2D eigenvalue weighted by atomic mass is 127. The molecule has 1 aromatic carbocycles. The van der Waals surface area contributed by atoms with E-state index in [1.165, 1.54) is 36.9 Å². The van der Waals surface area contributed by atoms with Crippen LogP contribution in [0.2, 0.25) is 0 Å². The van der Waals surface area contributed by atoms with Gasteiger partial charge in [0, 0.05) is 58.3 Å². The second-order valence-electron chi connectivity index (χ2n) is 8.15. The van der Waals surface area contributed by atoms with Crippen molar-refractivity contribution in [3.05, 3.63) is 35.4 Å². The van der Waals surface area contributed by atoms with Crippen molar-refractivity contribution in [2.75, 3.05) is 59.0 Å². The summed E-state index contributed by atoms with van der Waals surface area (Å²) in [6.45, 7) is 11.5. The molecule has 2 saturated heterocycles. The van der Waals surface area contributed by atoms with E-state index in [0.29, 0.717) is 5.92 Å². The number of fused-ring (bicyclic) bond motifs is 1. The number of piperazine rings is 1. The minimum Gasteiger partial charge on any atom is -0.381 e.